The van der Waals surface area contributed by atoms with E-state index < -0.39 is 6.10 Å². The highest BCUT2D eigenvalue weighted by molar-refractivity contribution is 5.71. The first-order chi connectivity index (χ1) is 30.5. The number of hydrogen-bond donors (Lipinski definition) is 0. The zero-order valence-corrected chi connectivity index (χ0v) is 40.1. The van der Waals surface area contributed by atoms with Crippen molar-refractivity contribution in [2.75, 3.05) is 13.2 Å². The molecular formula is C56H92O6. The predicted octanol–water partition coefficient (Wildman–Crippen LogP) is 16.6. The number of carbonyl (C=O) groups is 3. The van der Waals surface area contributed by atoms with Crippen LogP contribution in [0.1, 0.15) is 220 Å². The van der Waals surface area contributed by atoms with Crippen molar-refractivity contribution >= 4 is 17.9 Å². The molecule has 0 bridgehead atoms. The Kier molecular flexibility index (Phi) is 47.0. The van der Waals surface area contributed by atoms with Crippen LogP contribution in [-0.4, -0.2) is 37.2 Å². The second kappa shape index (κ2) is 50.0. The highest BCUT2D eigenvalue weighted by Crippen LogP contribution is 2.15. The minimum absolute atomic E-state index is 0.111. The Morgan fingerprint density at radius 1 is 0.355 bits per heavy atom. The fraction of sp³-hybridized carbons (Fsp3) is 0.661. The smallest absolute Gasteiger partial charge is 0.306 e. The summed E-state index contributed by atoms with van der Waals surface area (Å²) in [6.45, 7) is 6.30. The number of unbranched alkanes of at least 4 members (excludes halogenated alkanes) is 19. The normalized spacial score (nSPS) is 12.9. The van der Waals surface area contributed by atoms with Crippen molar-refractivity contribution in [1.82, 2.24) is 0 Å². The molecule has 0 N–H and O–H groups in total. The number of hydrogen-bond acceptors (Lipinski definition) is 6. The number of esters is 3. The van der Waals surface area contributed by atoms with E-state index in [9.17, 15) is 14.4 Å². The molecule has 1 unspecified atom stereocenters. The molecular weight excluding hydrogens is 769 g/mol. The van der Waals surface area contributed by atoms with Gasteiger partial charge in [0, 0.05) is 19.3 Å². The molecule has 0 amide bonds. The van der Waals surface area contributed by atoms with Crippen LogP contribution >= 0.6 is 0 Å². The largest absolute Gasteiger partial charge is 0.462 e. The number of rotatable bonds is 44. The first-order valence-electron chi connectivity index (χ1n) is 25.3. The van der Waals surface area contributed by atoms with E-state index in [1.54, 1.807) is 0 Å². The van der Waals surface area contributed by atoms with Crippen molar-refractivity contribution in [2.24, 2.45) is 0 Å². The molecule has 0 spiro atoms. The molecule has 6 heteroatoms. The lowest BCUT2D eigenvalue weighted by Gasteiger charge is -2.18. The third-order valence-electron chi connectivity index (χ3n) is 10.4. The van der Waals surface area contributed by atoms with Crippen molar-refractivity contribution in [3.05, 3.63) is 97.2 Å². The Morgan fingerprint density at radius 3 is 1.23 bits per heavy atom. The lowest BCUT2D eigenvalue weighted by molar-refractivity contribution is -0.166. The van der Waals surface area contributed by atoms with Gasteiger partial charge in [0.05, 0.1) is 0 Å². The van der Waals surface area contributed by atoms with Crippen molar-refractivity contribution in [1.29, 1.82) is 0 Å². The topological polar surface area (TPSA) is 78.9 Å². The van der Waals surface area contributed by atoms with Crippen LogP contribution in [0.15, 0.2) is 97.2 Å². The maximum Gasteiger partial charge on any atom is 0.306 e. The zero-order valence-electron chi connectivity index (χ0n) is 40.1. The van der Waals surface area contributed by atoms with Crippen LogP contribution in [0.25, 0.3) is 0 Å². The van der Waals surface area contributed by atoms with E-state index in [1.807, 2.05) is 12.2 Å². The molecule has 1 atom stereocenters. The standard InChI is InChI=1S/C56H92O6/c1-4-7-10-13-16-19-22-25-27-29-31-34-37-40-43-46-49-55(58)61-52-53(51-60-54(57)48-45-42-39-36-33-30-24-21-18-15-12-9-6-3)62-56(59)50-47-44-41-38-35-32-28-26-23-20-17-14-11-8-5-2/h7,9-10,12,15-16,18-19,21,24-25,27,31,34,40,43,53H,4-6,8,11,13-14,17,20,22-23,26,28-30,32-33,35-39,41-42,44-52H2,1-3H3/b10-7+,12-9+,18-15+,19-16+,24-21+,27-25+,34-31+,43-40+. The summed E-state index contributed by atoms with van der Waals surface area (Å²) in [5.74, 6) is -1.02. The summed E-state index contributed by atoms with van der Waals surface area (Å²) in [4.78, 5) is 37.9. The van der Waals surface area contributed by atoms with Crippen molar-refractivity contribution in [3.8, 4) is 0 Å². The highest BCUT2D eigenvalue weighted by atomic mass is 16.6. The van der Waals surface area contributed by atoms with Gasteiger partial charge in [-0.3, -0.25) is 14.4 Å². The zero-order chi connectivity index (χ0) is 45.1. The molecule has 0 aromatic rings. The molecule has 0 aliphatic rings. The van der Waals surface area contributed by atoms with Gasteiger partial charge in [0.15, 0.2) is 6.10 Å². The highest BCUT2D eigenvalue weighted by Gasteiger charge is 2.19. The Balaban J connectivity index is 4.52. The summed E-state index contributed by atoms with van der Waals surface area (Å²) >= 11 is 0. The van der Waals surface area contributed by atoms with Gasteiger partial charge in [-0.05, 0) is 70.6 Å². The average molecular weight is 861 g/mol. The summed E-state index contributed by atoms with van der Waals surface area (Å²) in [6, 6.07) is 0. The average Bonchev–Trinajstić information content (AvgIpc) is 3.27. The van der Waals surface area contributed by atoms with Gasteiger partial charge in [-0.15, -0.1) is 0 Å². The molecule has 0 aliphatic carbocycles. The minimum atomic E-state index is -0.814. The summed E-state index contributed by atoms with van der Waals surface area (Å²) in [5, 5.41) is 0. The van der Waals surface area contributed by atoms with Gasteiger partial charge in [-0.25, -0.2) is 0 Å². The van der Waals surface area contributed by atoms with E-state index in [2.05, 4.69) is 106 Å². The molecule has 0 rings (SSSR count). The molecule has 6 nitrogen and oxygen atoms in total. The second-order valence-corrected chi connectivity index (χ2v) is 16.4. The summed E-state index contributed by atoms with van der Waals surface area (Å²) in [7, 11) is 0. The Bertz CT molecular complexity index is 1260. The summed E-state index contributed by atoms with van der Waals surface area (Å²) < 4.78 is 16.7. The van der Waals surface area contributed by atoms with E-state index in [0.717, 1.165) is 96.3 Å². The summed E-state index contributed by atoms with van der Waals surface area (Å²) in [6.07, 6.45) is 65.4. The van der Waals surface area contributed by atoms with Gasteiger partial charge >= 0.3 is 17.9 Å². The van der Waals surface area contributed by atoms with Gasteiger partial charge < -0.3 is 14.2 Å². The first kappa shape index (κ1) is 58.3. The third-order valence-corrected chi connectivity index (χ3v) is 10.4. The maximum atomic E-state index is 12.8. The molecule has 0 saturated heterocycles. The molecule has 0 aromatic heterocycles. The molecule has 0 aliphatic heterocycles. The van der Waals surface area contributed by atoms with Gasteiger partial charge in [0.1, 0.15) is 13.2 Å². The van der Waals surface area contributed by atoms with Crippen LogP contribution in [0.2, 0.25) is 0 Å². The Labute approximate surface area is 381 Å². The van der Waals surface area contributed by atoms with Crippen LogP contribution in [0.5, 0.6) is 0 Å². The minimum Gasteiger partial charge on any atom is -0.462 e. The van der Waals surface area contributed by atoms with E-state index in [-0.39, 0.29) is 37.5 Å². The SMILES string of the molecule is CC/C=C/C=C/C=C/CCCCCCCC(=O)OCC(COC(=O)CC/C=C/C/C=C/C/C=C/C/C=C/C/C=C/CC)OC(=O)CCCCCCCCCCCCCCCCC. The molecule has 0 aromatic carbocycles. The van der Waals surface area contributed by atoms with E-state index in [0.29, 0.717) is 19.3 Å². The van der Waals surface area contributed by atoms with Crippen LogP contribution in [-0.2, 0) is 28.6 Å². The molecule has 0 radical (unpaired) electrons. The lowest BCUT2D eigenvalue weighted by Crippen LogP contribution is -2.30. The van der Waals surface area contributed by atoms with E-state index in [4.69, 9.17) is 14.2 Å². The number of carbonyl (C=O) groups excluding carboxylic acids is 3. The van der Waals surface area contributed by atoms with Gasteiger partial charge in [0.25, 0.3) is 0 Å². The van der Waals surface area contributed by atoms with Crippen molar-refractivity contribution < 1.29 is 28.6 Å². The second-order valence-electron chi connectivity index (χ2n) is 16.4. The van der Waals surface area contributed by atoms with Crippen LogP contribution in [0.4, 0.5) is 0 Å². The van der Waals surface area contributed by atoms with Crippen molar-refractivity contribution in [3.63, 3.8) is 0 Å². The quantitative estimate of drug-likeness (QED) is 0.0200. The fourth-order valence-electron chi connectivity index (χ4n) is 6.67. The first-order valence-corrected chi connectivity index (χ1v) is 25.3. The van der Waals surface area contributed by atoms with Crippen LogP contribution in [0, 0.1) is 0 Å². The van der Waals surface area contributed by atoms with Crippen LogP contribution in [0.3, 0.4) is 0 Å². The van der Waals surface area contributed by atoms with Gasteiger partial charge in [0.2, 0.25) is 0 Å². The van der Waals surface area contributed by atoms with E-state index in [1.165, 1.54) is 77.0 Å². The van der Waals surface area contributed by atoms with E-state index >= 15 is 0 Å². The molecule has 0 saturated carbocycles. The molecule has 0 fully saturated rings. The molecule has 0 heterocycles. The Hall–Kier alpha value is -3.67. The van der Waals surface area contributed by atoms with Gasteiger partial charge in [-0.1, -0.05) is 227 Å². The monoisotopic (exact) mass is 861 g/mol. The third kappa shape index (κ3) is 47.4. The lowest BCUT2D eigenvalue weighted by atomic mass is 10.0. The number of ether oxygens (including phenoxy) is 3. The van der Waals surface area contributed by atoms with Gasteiger partial charge in [-0.2, -0.15) is 0 Å². The number of allylic oxidation sites excluding steroid dienone is 16. The molecule has 352 valence electrons. The maximum absolute atomic E-state index is 12.8. The molecule has 62 heavy (non-hydrogen) atoms. The van der Waals surface area contributed by atoms with Crippen molar-refractivity contribution in [2.45, 2.75) is 226 Å². The fourth-order valence-corrected chi connectivity index (χ4v) is 6.67. The Morgan fingerprint density at radius 2 is 0.742 bits per heavy atom. The summed E-state index contributed by atoms with van der Waals surface area (Å²) in [5.41, 5.74) is 0. The predicted molar refractivity (Wildman–Crippen MR) is 265 cm³/mol. The van der Waals surface area contributed by atoms with Crippen LogP contribution < -0.4 is 0 Å².